The van der Waals surface area contributed by atoms with E-state index in [0.29, 0.717) is 29.3 Å². The Balaban J connectivity index is 1.64. The summed E-state index contributed by atoms with van der Waals surface area (Å²) in [4.78, 5) is 28.7. The maximum atomic E-state index is 14.0. The third-order valence-corrected chi connectivity index (χ3v) is 6.61. The predicted molar refractivity (Wildman–Crippen MR) is 157 cm³/mol. The first-order chi connectivity index (χ1) is 20.4. The fourth-order valence-electron chi connectivity index (χ4n) is 4.64. The number of halogens is 2. The quantitative estimate of drug-likeness (QED) is 0.179. The molecule has 4 aromatic carbocycles. The first kappa shape index (κ1) is 28.5. The second-order valence-electron chi connectivity index (χ2n) is 9.42. The molecule has 7 nitrogen and oxygen atoms in total. The largest absolute Gasteiger partial charge is 0.489 e. The number of hydrogen-bond donors (Lipinski definition) is 0. The third-order valence-electron chi connectivity index (χ3n) is 6.61. The van der Waals surface area contributed by atoms with Gasteiger partial charge in [0.1, 0.15) is 35.3 Å². The van der Waals surface area contributed by atoms with Crippen LogP contribution in [0.25, 0.3) is 16.6 Å². The number of pyridine rings is 1. The summed E-state index contributed by atoms with van der Waals surface area (Å²) in [5.41, 5.74) is 1.38. The highest BCUT2D eigenvalue weighted by Gasteiger charge is 2.23. The average molecular weight is 571 g/mol. The van der Waals surface area contributed by atoms with E-state index in [1.807, 2.05) is 30.3 Å². The van der Waals surface area contributed by atoms with Gasteiger partial charge in [0, 0.05) is 54.8 Å². The topological polar surface area (TPSA) is 70.0 Å². The first-order valence-corrected chi connectivity index (χ1v) is 13.2. The van der Waals surface area contributed by atoms with Crippen molar-refractivity contribution in [3.8, 4) is 17.2 Å². The average Bonchev–Trinajstić information content (AvgIpc) is 2.99. The maximum Gasteiger partial charge on any atom is 0.263 e. The third kappa shape index (κ3) is 6.16. The van der Waals surface area contributed by atoms with Crippen LogP contribution in [0.1, 0.15) is 22.8 Å². The zero-order valence-corrected chi connectivity index (χ0v) is 23.1. The number of fused-ring (bicyclic) bond motifs is 1. The molecule has 0 aliphatic heterocycles. The van der Waals surface area contributed by atoms with Gasteiger partial charge in [-0.05, 0) is 48.9 Å². The molecule has 0 aliphatic rings. The molecule has 1 heterocycles. The number of ether oxygens (including phenoxy) is 3. The van der Waals surface area contributed by atoms with E-state index >= 15 is 0 Å². The normalized spacial score (nSPS) is 11.0. The van der Waals surface area contributed by atoms with E-state index in [4.69, 9.17) is 14.2 Å². The standard InChI is InChI=1S/C33H28F2N2O5/c1-3-36(26-15-23(34)14-24(35)16-26)33(39)30-19-37(25-10-7-11-27(17-25)42-21-40-2)31-18-28(12-13-29(31)32(30)38)41-20-22-8-5-4-6-9-22/h4-19H,3,20-21H2,1-2H3. The van der Waals surface area contributed by atoms with Crippen molar-refractivity contribution >= 4 is 22.5 Å². The molecule has 5 aromatic rings. The van der Waals surface area contributed by atoms with E-state index in [-0.39, 0.29) is 30.0 Å². The van der Waals surface area contributed by atoms with Crippen LogP contribution in [0.5, 0.6) is 11.5 Å². The van der Waals surface area contributed by atoms with E-state index in [2.05, 4.69) is 0 Å². The lowest BCUT2D eigenvalue weighted by atomic mass is 10.1. The van der Waals surface area contributed by atoms with Crippen LogP contribution in [-0.2, 0) is 11.3 Å². The van der Waals surface area contributed by atoms with E-state index in [9.17, 15) is 18.4 Å². The molecule has 0 aliphatic carbocycles. The number of anilines is 1. The molecule has 0 spiro atoms. The summed E-state index contributed by atoms with van der Waals surface area (Å²) in [5, 5.41) is 0.262. The highest BCUT2D eigenvalue weighted by molar-refractivity contribution is 6.07. The van der Waals surface area contributed by atoms with Crippen LogP contribution in [0.15, 0.2) is 102 Å². The number of amides is 1. The zero-order valence-electron chi connectivity index (χ0n) is 23.1. The van der Waals surface area contributed by atoms with Crippen LogP contribution in [0, 0.1) is 11.6 Å². The number of rotatable bonds is 10. The molecule has 1 amide bonds. The molecule has 0 saturated heterocycles. The van der Waals surface area contributed by atoms with Gasteiger partial charge in [-0.2, -0.15) is 0 Å². The molecule has 1 aromatic heterocycles. The lowest BCUT2D eigenvalue weighted by Crippen LogP contribution is -2.35. The monoisotopic (exact) mass is 570 g/mol. The Labute approximate surface area is 241 Å². The minimum Gasteiger partial charge on any atom is -0.489 e. The van der Waals surface area contributed by atoms with Crippen molar-refractivity contribution in [1.82, 2.24) is 4.57 Å². The first-order valence-electron chi connectivity index (χ1n) is 13.2. The molecule has 5 rings (SSSR count). The molecule has 0 saturated carbocycles. The Kier molecular flexibility index (Phi) is 8.59. The van der Waals surface area contributed by atoms with E-state index in [1.165, 1.54) is 13.3 Å². The van der Waals surface area contributed by atoms with E-state index in [0.717, 1.165) is 28.7 Å². The molecule has 0 fully saturated rings. The van der Waals surface area contributed by atoms with Gasteiger partial charge in [0.05, 0.1) is 5.52 Å². The van der Waals surface area contributed by atoms with Gasteiger partial charge in [-0.15, -0.1) is 0 Å². The Morgan fingerprint density at radius 1 is 0.857 bits per heavy atom. The summed E-state index contributed by atoms with van der Waals surface area (Å²) >= 11 is 0. The molecule has 214 valence electrons. The molecular weight excluding hydrogens is 542 g/mol. The second kappa shape index (κ2) is 12.7. The minimum atomic E-state index is -0.830. The summed E-state index contributed by atoms with van der Waals surface area (Å²) in [6, 6.07) is 24.6. The number of nitrogens with zero attached hydrogens (tertiary/aromatic N) is 2. The summed E-state index contributed by atoms with van der Waals surface area (Å²) < 4.78 is 46.4. The molecule has 9 heteroatoms. The summed E-state index contributed by atoms with van der Waals surface area (Å²) in [6.07, 6.45) is 1.43. The van der Waals surface area contributed by atoms with Crippen LogP contribution in [0.4, 0.5) is 14.5 Å². The highest BCUT2D eigenvalue weighted by Crippen LogP contribution is 2.27. The number of hydrogen-bond acceptors (Lipinski definition) is 5. The summed E-state index contributed by atoms with van der Waals surface area (Å²) in [6.45, 7) is 2.09. The minimum absolute atomic E-state index is 0.00525. The van der Waals surface area contributed by atoms with Gasteiger partial charge in [0.25, 0.3) is 5.91 Å². The van der Waals surface area contributed by atoms with Crippen LogP contribution in [-0.4, -0.2) is 30.9 Å². The Bertz CT molecular complexity index is 1770. The van der Waals surface area contributed by atoms with Crippen LogP contribution < -0.4 is 19.8 Å². The molecule has 42 heavy (non-hydrogen) atoms. The fourth-order valence-corrected chi connectivity index (χ4v) is 4.64. The number of aromatic nitrogens is 1. The van der Waals surface area contributed by atoms with Crippen molar-refractivity contribution in [2.45, 2.75) is 13.5 Å². The maximum absolute atomic E-state index is 14.0. The SMILES string of the molecule is CCN(C(=O)c1cn(-c2cccc(OCOC)c2)c2cc(OCc3ccccc3)ccc2c1=O)c1cc(F)cc(F)c1. The summed E-state index contributed by atoms with van der Waals surface area (Å²) in [5.74, 6) is -1.32. The van der Waals surface area contributed by atoms with Crippen molar-refractivity contribution in [3.05, 3.63) is 130 Å². The molecule has 0 atom stereocenters. The van der Waals surface area contributed by atoms with Gasteiger partial charge in [0.15, 0.2) is 6.79 Å². The van der Waals surface area contributed by atoms with Crippen molar-refractivity contribution in [3.63, 3.8) is 0 Å². The van der Waals surface area contributed by atoms with Crippen molar-refractivity contribution in [2.24, 2.45) is 0 Å². The lowest BCUT2D eigenvalue weighted by molar-refractivity contribution is 0.0511. The predicted octanol–water partition coefficient (Wildman–Crippen LogP) is 6.50. The van der Waals surface area contributed by atoms with Crippen molar-refractivity contribution in [2.75, 3.05) is 25.3 Å². The number of carbonyl (C=O) groups is 1. The van der Waals surface area contributed by atoms with Crippen LogP contribution >= 0.6 is 0 Å². The molecule has 0 N–H and O–H groups in total. The Morgan fingerprint density at radius 2 is 1.60 bits per heavy atom. The zero-order chi connectivity index (χ0) is 29.6. The van der Waals surface area contributed by atoms with E-state index < -0.39 is 23.0 Å². The molecule has 0 bridgehead atoms. The van der Waals surface area contributed by atoms with Gasteiger partial charge < -0.3 is 23.7 Å². The van der Waals surface area contributed by atoms with Gasteiger partial charge in [0.2, 0.25) is 5.43 Å². The van der Waals surface area contributed by atoms with Crippen molar-refractivity contribution < 1.29 is 27.8 Å². The number of carbonyl (C=O) groups excluding carboxylic acids is 1. The van der Waals surface area contributed by atoms with Gasteiger partial charge in [-0.3, -0.25) is 9.59 Å². The Morgan fingerprint density at radius 3 is 2.31 bits per heavy atom. The van der Waals surface area contributed by atoms with Gasteiger partial charge in [-0.1, -0.05) is 36.4 Å². The summed E-state index contributed by atoms with van der Waals surface area (Å²) in [7, 11) is 1.51. The number of methoxy groups -OCH3 is 1. The molecule has 0 radical (unpaired) electrons. The van der Waals surface area contributed by atoms with Gasteiger partial charge >= 0.3 is 0 Å². The highest BCUT2D eigenvalue weighted by atomic mass is 19.1. The van der Waals surface area contributed by atoms with E-state index in [1.54, 1.807) is 54.0 Å². The lowest BCUT2D eigenvalue weighted by Gasteiger charge is -2.22. The van der Waals surface area contributed by atoms with Gasteiger partial charge in [-0.25, -0.2) is 8.78 Å². The smallest absolute Gasteiger partial charge is 0.263 e. The molecule has 0 unspecified atom stereocenters. The van der Waals surface area contributed by atoms with Crippen LogP contribution in [0.3, 0.4) is 0 Å². The van der Waals surface area contributed by atoms with Crippen molar-refractivity contribution in [1.29, 1.82) is 0 Å². The van der Waals surface area contributed by atoms with Crippen LogP contribution in [0.2, 0.25) is 0 Å². The molecular formula is C33H28F2N2O5. The Hall–Kier alpha value is -5.02. The number of benzene rings is 4. The fraction of sp³-hybridized carbons (Fsp3) is 0.152. The second-order valence-corrected chi connectivity index (χ2v) is 9.42.